The topological polar surface area (TPSA) is 97.0 Å². The van der Waals surface area contributed by atoms with Crippen molar-refractivity contribution in [3.8, 4) is 0 Å². The monoisotopic (exact) mass is 435 g/mol. The molecule has 11 heteroatoms. The van der Waals surface area contributed by atoms with Crippen LogP contribution >= 0.6 is 38.6 Å². The number of nitrogens with two attached hydrogens (primary N) is 1. The van der Waals surface area contributed by atoms with E-state index >= 15 is 0 Å². The summed E-state index contributed by atoms with van der Waals surface area (Å²) in [5.74, 6) is -3.03. The Kier molecular flexibility index (Phi) is 5.06. The predicted molar refractivity (Wildman–Crippen MR) is 93.5 cm³/mol. The summed E-state index contributed by atoms with van der Waals surface area (Å²) in [5.41, 5.74) is 5.64. The first kappa shape index (κ1) is 17.5. The van der Waals surface area contributed by atoms with E-state index in [1.807, 2.05) is 17.5 Å². The number of hydrogen-bond donors (Lipinski definition) is 3. The number of aliphatic hydroxyl groups is 1. The van der Waals surface area contributed by atoms with Gasteiger partial charge >= 0.3 is 0 Å². The van der Waals surface area contributed by atoms with Crippen molar-refractivity contribution in [3.63, 3.8) is 0 Å². The van der Waals surface area contributed by atoms with Crippen LogP contribution in [0.3, 0.4) is 0 Å². The maximum Gasteiger partial charge on any atom is 0.300 e. The first-order valence-electron chi connectivity index (χ1n) is 6.77. The van der Waals surface area contributed by atoms with Crippen LogP contribution in [0.1, 0.15) is 9.75 Å². The second-order valence-corrected chi connectivity index (χ2v) is 7.75. The first-order chi connectivity index (χ1) is 11.4. The van der Waals surface area contributed by atoms with E-state index < -0.39 is 18.6 Å². The molecule has 0 saturated carbocycles. The molecule has 24 heavy (non-hydrogen) atoms. The van der Waals surface area contributed by atoms with Crippen molar-refractivity contribution in [2.75, 3.05) is 11.9 Å². The van der Waals surface area contributed by atoms with Gasteiger partial charge in [0.15, 0.2) is 5.82 Å². The van der Waals surface area contributed by atoms with Crippen LogP contribution in [0.5, 0.6) is 0 Å². The van der Waals surface area contributed by atoms with Gasteiger partial charge in [0.1, 0.15) is 10.2 Å². The van der Waals surface area contributed by atoms with Crippen LogP contribution in [0.4, 0.5) is 14.6 Å². The van der Waals surface area contributed by atoms with Gasteiger partial charge in [-0.25, -0.2) is 0 Å². The van der Waals surface area contributed by atoms with Crippen molar-refractivity contribution in [3.05, 3.63) is 31.7 Å². The van der Waals surface area contributed by atoms with Gasteiger partial charge < -0.3 is 16.2 Å². The summed E-state index contributed by atoms with van der Waals surface area (Å²) in [6, 6.07) is 2.17. The molecular weight excluding hydrogens is 424 g/mol. The highest BCUT2D eigenvalue weighted by atomic mass is 79.9. The maximum atomic E-state index is 14.4. The molecule has 4 N–H and O–H groups in total. The van der Waals surface area contributed by atoms with E-state index in [9.17, 15) is 8.78 Å². The van der Waals surface area contributed by atoms with Crippen molar-refractivity contribution in [2.24, 2.45) is 5.73 Å². The number of halogens is 3. The van der Waals surface area contributed by atoms with E-state index in [1.165, 1.54) is 0 Å². The molecule has 0 spiro atoms. The Hall–Kier alpha value is -1.27. The van der Waals surface area contributed by atoms with Crippen molar-refractivity contribution >= 4 is 54.6 Å². The third kappa shape index (κ3) is 3.14. The summed E-state index contributed by atoms with van der Waals surface area (Å²) in [7, 11) is 0. The number of nitrogens with zero attached hydrogens (tertiary/aromatic N) is 3. The fourth-order valence-electron chi connectivity index (χ4n) is 2.01. The van der Waals surface area contributed by atoms with Crippen LogP contribution in [0.2, 0.25) is 0 Å². The lowest BCUT2D eigenvalue weighted by Crippen LogP contribution is -2.41. The Morgan fingerprint density at radius 3 is 2.88 bits per heavy atom. The van der Waals surface area contributed by atoms with Crippen LogP contribution in [-0.2, 0) is 12.5 Å². The number of anilines is 1. The lowest BCUT2D eigenvalue weighted by Gasteiger charge is -2.20. The van der Waals surface area contributed by atoms with Crippen LogP contribution in [-0.4, -0.2) is 33.2 Å². The molecule has 3 aromatic rings. The Balaban J connectivity index is 1.99. The molecule has 6 nitrogen and oxygen atoms in total. The van der Waals surface area contributed by atoms with Crippen LogP contribution in [0.15, 0.2) is 22.0 Å². The number of aliphatic hydroxyl groups excluding tert-OH is 1. The largest absolute Gasteiger partial charge is 0.395 e. The van der Waals surface area contributed by atoms with Crippen molar-refractivity contribution < 1.29 is 13.9 Å². The van der Waals surface area contributed by atoms with E-state index in [0.29, 0.717) is 17.1 Å². The van der Waals surface area contributed by atoms with Crippen LogP contribution < -0.4 is 11.1 Å². The van der Waals surface area contributed by atoms with E-state index in [4.69, 9.17) is 10.8 Å². The second-order valence-electron chi connectivity index (χ2n) is 4.91. The molecule has 3 aromatic heterocycles. The molecule has 0 aliphatic heterocycles. The quantitative estimate of drug-likeness (QED) is 0.550. The Bertz CT molecular complexity index is 842. The highest BCUT2D eigenvalue weighted by Crippen LogP contribution is 2.46. The Morgan fingerprint density at radius 1 is 1.42 bits per heavy atom. The fourth-order valence-corrected chi connectivity index (χ4v) is 4.69. The normalized spacial score (nSPS) is 13.4. The molecule has 0 aromatic carbocycles. The molecule has 0 amide bonds. The molecule has 0 saturated heterocycles. The number of nitrogens with one attached hydrogen (secondary N) is 1. The Labute approximate surface area is 151 Å². The summed E-state index contributed by atoms with van der Waals surface area (Å²) in [6.45, 7) is -0.329. The SMILES string of the molecule is N[C@@H](CO)C(F)(F)c1sc2c(NCc3cccs3)nnnc2c1Br. The summed E-state index contributed by atoms with van der Waals surface area (Å²) in [4.78, 5) is 0.769. The number of hydrogen-bond acceptors (Lipinski definition) is 8. The van der Waals surface area contributed by atoms with Gasteiger partial charge in [0.2, 0.25) is 0 Å². The molecule has 1 atom stereocenters. The molecule has 0 bridgehead atoms. The lowest BCUT2D eigenvalue weighted by atomic mass is 10.1. The van der Waals surface area contributed by atoms with Gasteiger partial charge in [-0.2, -0.15) is 8.78 Å². The van der Waals surface area contributed by atoms with Crippen molar-refractivity contribution in [1.29, 1.82) is 0 Å². The highest BCUT2D eigenvalue weighted by Gasteiger charge is 2.43. The summed E-state index contributed by atoms with van der Waals surface area (Å²) in [6.07, 6.45) is 0. The summed E-state index contributed by atoms with van der Waals surface area (Å²) >= 11 is 5.54. The number of thiophene rings is 2. The molecule has 0 aliphatic rings. The highest BCUT2D eigenvalue weighted by molar-refractivity contribution is 9.10. The fraction of sp³-hybridized carbons (Fsp3) is 0.308. The maximum absolute atomic E-state index is 14.4. The molecule has 0 radical (unpaired) electrons. The zero-order valence-electron chi connectivity index (χ0n) is 12.0. The predicted octanol–water partition coefficient (Wildman–Crippen LogP) is 2.93. The van der Waals surface area contributed by atoms with E-state index in [0.717, 1.165) is 16.2 Å². The third-order valence-corrected chi connectivity index (χ3v) is 6.49. The summed E-state index contributed by atoms with van der Waals surface area (Å²) in [5, 5.41) is 25.4. The van der Waals surface area contributed by atoms with Crippen LogP contribution in [0, 0.1) is 0 Å². The molecule has 0 fully saturated rings. The second kappa shape index (κ2) is 6.92. The number of rotatable bonds is 6. The van der Waals surface area contributed by atoms with E-state index in [2.05, 4.69) is 36.7 Å². The van der Waals surface area contributed by atoms with Gasteiger partial charge in [-0.05, 0) is 32.6 Å². The first-order valence-corrected chi connectivity index (χ1v) is 9.26. The molecule has 0 unspecified atom stereocenters. The average molecular weight is 436 g/mol. The number of aromatic nitrogens is 3. The van der Waals surface area contributed by atoms with Gasteiger partial charge in [0.05, 0.1) is 28.5 Å². The zero-order chi connectivity index (χ0) is 17.3. The molecule has 3 rings (SSSR count). The minimum atomic E-state index is -3.40. The van der Waals surface area contributed by atoms with Gasteiger partial charge in [-0.1, -0.05) is 6.07 Å². The standard InChI is InChI=1S/C13H12BrF2N5OS2/c14-8-9-10(24-11(8)13(15,16)7(17)5-22)12(20-21-19-9)18-4-6-2-1-3-23-6/h1-3,7,22H,4-5,17H2,(H,18,19,20)/t7-/m0/s1. The third-order valence-electron chi connectivity index (χ3n) is 3.31. The minimum absolute atomic E-state index is 0.116. The van der Waals surface area contributed by atoms with E-state index in [1.54, 1.807) is 11.3 Å². The molecule has 3 heterocycles. The number of fused-ring (bicyclic) bond motifs is 1. The number of alkyl halides is 2. The van der Waals surface area contributed by atoms with Crippen molar-refractivity contribution in [2.45, 2.75) is 18.5 Å². The molecule has 128 valence electrons. The van der Waals surface area contributed by atoms with Crippen molar-refractivity contribution in [1.82, 2.24) is 15.4 Å². The molecular formula is C13H12BrF2N5OS2. The zero-order valence-corrected chi connectivity index (χ0v) is 15.3. The Morgan fingerprint density at radius 2 is 2.21 bits per heavy atom. The van der Waals surface area contributed by atoms with E-state index in [-0.39, 0.29) is 14.9 Å². The van der Waals surface area contributed by atoms with Gasteiger partial charge in [0, 0.05) is 4.88 Å². The summed E-state index contributed by atoms with van der Waals surface area (Å²) < 4.78 is 29.4. The van der Waals surface area contributed by atoms with Gasteiger partial charge in [-0.3, -0.25) is 0 Å². The van der Waals surface area contributed by atoms with Gasteiger partial charge in [0.25, 0.3) is 5.92 Å². The average Bonchev–Trinajstić information content (AvgIpc) is 3.20. The lowest BCUT2D eigenvalue weighted by molar-refractivity contribution is -0.0434. The van der Waals surface area contributed by atoms with Crippen LogP contribution in [0.25, 0.3) is 10.2 Å². The minimum Gasteiger partial charge on any atom is -0.395 e. The van der Waals surface area contributed by atoms with Gasteiger partial charge in [-0.15, -0.1) is 32.9 Å². The molecule has 0 aliphatic carbocycles. The smallest absolute Gasteiger partial charge is 0.300 e.